The van der Waals surface area contributed by atoms with Crippen molar-refractivity contribution in [2.24, 2.45) is 0 Å². The van der Waals surface area contributed by atoms with Crippen LogP contribution in [0.3, 0.4) is 0 Å². The van der Waals surface area contributed by atoms with Crippen molar-refractivity contribution in [3.63, 3.8) is 0 Å². The SMILES string of the molecule is O=C(CN1CCN(Cc2cc(=O)n3ccsc3n2)CC1)N[C@@H]1CCCc2ccccc21. The number of nitrogens with one attached hydrogen (secondary N) is 1. The first kappa shape index (κ1) is 20.4. The summed E-state index contributed by atoms with van der Waals surface area (Å²) in [5.74, 6) is 0.105. The van der Waals surface area contributed by atoms with E-state index >= 15 is 0 Å². The minimum Gasteiger partial charge on any atom is -0.348 e. The van der Waals surface area contributed by atoms with Crippen molar-refractivity contribution < 1.29 is 4.79 Å². The Bertz CT molecular complexity index is 1130. The molecule has 31 heavy (non-hydrogen) atoms. The van der Waals surface area contributed by atoms with E-state index in [0.717, 1.165) is 56.1 Å². The van der Waals surface area contributed by atoms with Crippen molar-refractivity contribution in [2.75, 3.05) is 32.7 Å². The molecule has 7 nitrogen and oxygen atoms in total. The molecule has 3 heterocycles. The van der Waals surface area contributed by atoms with Crippen LogP contribution < -0.4 is 10.9 Å². The summed E-state index contributed by atoms with van der Waals surface area (Å²) in [5.41, 5.74) is 3.43. The van der Waals surface area contributed by atoms with Gasteiger partial charge in [-0.1, -0.05) is 24.3 Å². The molecule has 2 aliphatic rings. The molecule has 0 saturated carbocycles. The van der Waals surface area contributed by atoms with Crippen LogP contribution in [0.5, 0.6) is 0 Å². The van der Waals surface area contributed by atoms with Gasteiger partial charge in [-0.15, -0.1) is 11.3 Å². The van der Waals surface area contributed by atoms with Gasteiger partial charge in [0.05, 0.1) is 18.3 Å². The van der Waals surface area contributed by atoms with E-state index in [-0.39, 0.29) is 17.5 Å². The molecule has 1 fully saturated rings. The molecule has 1 atom stereocenters. The third-order valence-corrected chi connectivity index (χ3v) is 7.04. The summed E-state index contributed by atoms with van der Waals surface area (Å²) in [7, 11) is 0. The first-order chi connectivity index (χ1) is 15.2. The number of aryl methyl sites for hydroxylation is 1. The summed E-state index contributed by atoms with van der Waals surface area (Å²) in [6.45, 7) is 4.52. The Morgan fingerprint density at radius 3 is 2.84 bits per heavy atom. The molecule has 0 spiro atoms. The predicted octanol–water partition coefficient (Wildman–Crippen LogP) is 2.07. The van der Waals surface area contributed by atoms with Crippen LogP contribution in [0.25, 0.3) is 4.96 Å². The zero-order valence-electron chi connectivity index (χ0n) is 17.5. The lowest BCUT2D eigenvalue weighted by molar-refractivity contribution is -0.123. The van der Waals surface area contributed by atoms with Gasteiger partial charge in [-0.05, 0) is 30.4 Å². The molecule has 162 valence electrons. The lowest BCUT2D eigenvalue weighted by Gasteiger charge is -2.34. The van der Waals surface area contributed by atoms with Crippen LogP contribution in [-0.4, -0.2) is 57.8 Å². The van der Waals surface area contributed by atoms with Crippen LogP contribution in [0, 0.1) is 0 Å². The van der Waals surface area contributed by atoms with E-state index in [4.69, 9.17) is 0 Å². The minimum absolute atomic E-state index is 0.0270. The first-order valence-corrected chi connectivity index (χ1v) is 11.8. The molecule has 0 radical (unpaired) electrons. The number of hydrogen-bond donors (Lipinski definition) is 1. The molecule has 3 aromatic rings. The van der Waals surface area contributed by atoms with E-state index in [1.807, 2.05) is 5.38 Å². The highest BCUT2D eigenvalue weighted by molar-refractivity contribution is 7.15. The molecule has 2 aromatic heterocycles. The number of rotatable bonds is 5. The monoisotopic (exact) mass is 437 g/mol. The Morgan fingerprint density at radius 1 is 1.16 bits per heavy atom. The summed E-state index contributed by atoms with van der Waals surface area (Å²) in [4.78, 5) is 34.7. The quantitative estimate of drug-likeness (QED) is 0.662. The van der Waals surface area contributed by atoms with Gasteiger partial charge in [0.2, 0.25) is 5.91 Å². The molecule has 1 aromatic carbocycles. The van der Waals surface area contributed by atoms with Gasteiger partial charge in [0.1, 0.15) is 0 Å². The van der Waals surface area contributed by atoms with Crippen molar-refractivity contribution in [1.82, 2.24) is 24.5 Å². The van der Waals surface area contributed by atoms with Crippen molar-refractivity contribution >= 4 is 22.2 Å². The van der Waals surface area contributed by atoms with Gasteiger partial charge in [-0.25, -0.2) is 4.98 Å². The smallest absolute Gasteiger partial charge is 0.258 e. The zero-order chi connectivity index (χ0) is 21.2. The van der Waals surface area contributed by atoms with Crippen LogP contribution in [-0.2, 0) is 17.8 Å². The summed E-state index contributed by atoms with van der Waals surface area (Å²) >= 11 is 1.48. The van der Waals surface area contributed by atoms with E-state index in [0.29, 0.717) is 13.1 Å². The zero-order valence-corrected chi connectivity index (χ0v) is 18.3. The number of piperazine rings is 1. The van der Waals surface area contributed by atoms with Crippen LogP contribution in [0.2, 0.25) is 0 Å². The van der Waals surface area contributed by atoms with Crippen LogP contribution in [0.1, 0.15) is 35.7 Å². The highest BCUT2D eigenvalue weighted by atomic mass is 32.1. The number of hydrogen-bond acceptors (Lipinski definition) is 6. The van der Waals surface area contributed by atoms with E-state index in [2.05, 4.69) is 44.4 Å². The fourth-order valence-electron chi connectivity index (χ4n) is 4.65. The third kappa shape index (κ3) is 4.56. The number of aromatic nitrogens is 2. The van der Waals surface area contributed by atoms with E-state index in [1.165, 1.54) is 22.5 Å². The number of amides is 1. The number of thiazole rings is 1. The topological polar surface area (TPSA) is 70.0 Å². The Kier molecular flexibility index (Phi) is 5.85. The molecule has 1 amide bonds. The van der Waals surface area contributed by atoms with Crippen molar-refractivity contribution in [2.45, 2.75) is 31.8 Å². The van der Waals surface area contributed by atoms with Crippen LogP contribution >= 0.6 is 11.3 Å². The van der Waals surface area contributed by atoms with Gasteiger partial charge in [0.25, 0.3) is 5.56 Å². The van der Waals surface area contributed by atoms with Gasteiger partial charge in [-0.2, -0.15) is 0 Å². The van der Waals surface area contributed by atoms with Crippen molar-refractivity contribution in [3.8, 4) is 0 Å². The maximum atomic E-state index is 12.7. The summed E-state index contributed by atoms with van der Waals surface area (Å²) in [6, 6.07) is 10.2. The Hall–Kier alpha value is -2.55. The molecule has 0 unspecified atom stereocenters. The largest absolute Gasteiger partial charge is 0.348 e. The molecular formula is C23H27N5O2S. The average molecular weight is 438 g/mol. The number of benzene rings is 1. The lowest BCUT2D eigenvalue weighted by Crippen LogP contribution is -2.49. The first-order valence-electron chi connectivity index (χ1n) is 10.9. The van der Waals surface area contributed by atoms with Gasteiger partial charge in [0.15, 0.2) is 4.96 Å². The van der Waals surface area contributed by atoms with Gasteiger partial charge >= 0.3 is 0 Å². The standard InChI is InChI=1S/C23H27N5O2S/c29-21(25-20-7-3-5-17-4-1-2-6-19(17)20)16-27-10-8-26(9-11-27)15-18-14-22(30)28-12-13-31-23(28)24-18/h1-2,4,6,12-14,20H,3,5,7-11,15-16H2,(H,25,29)/t20-/m1/s1. The number of nitrogens with zero attached hydrogens (tertiary/aromatic N) is 4. The fraction of sp³-hybridized carbons (Fsp3) is 0.435. The average Bonchev–Trinajstić information content (AvgIpc) is 3.25. The maximum Gasteiger partial charge on any atom is 0.258 e. The molecular weight excluding hydrogens is 410 g/mol. The van der Waals surface area contributed by atoms with Crippen LogP contribution in [0.15, 0.2) is 46.7 Å². The molecule has 1 saturated heterocycles. The molecule has 8 heteroatoms. The van der Waals surface area contributed by atoms with Crippen molar-refractivity contribution in [1.29, 1.82) is 0 Å². The Morgan fingerprint density at radius 2 is 1.97 bits per heavy atom. The highest BCUT2D eigenvalue weighted by Crippen LogP contribution is 2.29. The number of fused-ring (bicyclic) bond motifs is 2. The predicted molar refractivity (Wildman–Crippen MR) is 121 cm³/mol. The van der Waals surface area contributed by atoms with Gasteiger partial charge < -0.3 is 5.32 Å². The molecule has 1 aliphatic heterocycles. The molecule has 0 bridgehead atoms. The molecule has 1 N–H and O–H groups in total. The maximum absolute atomic E-state index is 12.7. The summed E-state index contributed by atoms with van der Waals surface area (Å²) in [5, 5.41) is 5.13. The Labute approximate surface area is 185 Å². The second-order valence-corrected chi connectivity index (χ2v) is 9.28. The Balaban J connectivity index is 1.12. The van der Waals surface area contributed by atoms with Gasteiger partial charge in [-0.3, -0.25) is 23.8 Å². The van der Waals surface area contributed by atoms with Crippen molar-refractivity contribution in [3.05, 3.63) is 69.1 Å². The highest BCUT2D eigenvalue weighted by Gasteiger charge is 2.24. The second kappa shape index (κ2) is 8.90. The number of carbonyl (C=O) groups is 1. The fourth-order valence-corrected chi connectivity index (χ4v) is 5.39. The summed E-state index contributed by atoms with van der Waals surface area (Å²) in [6.07, 6.45) is 4.99. The van der Waals surface area contributed by atoms with E-state index in [9.17, 15) is 9.59 Å². The molecule has 5 rings (SSSR count). The van der Waals surface area contributed by atoms with E-state index in [1.54, 1.807) is 16.7 Å². The van der Waals surface area contributed by atoms with Crippen LogP contribution in [0.4, 0.5) is 0 Å². The summed E-state index contributed by atoms with van der Waals surface area (Å²) < 4.78 is 1.58. The number of carbonyl (C=O) groups excluding carboxylic acids is 1. The third-order valence-electron chi connectivity index (χ3n) is 6.28. The normalized spacial score (nSPS) is 19.9. The second-order valence-electron chi connectivity index (χ2n) is 8.40. The lowest BCUT2D eigenvalue weighted by atomic mass is 9.88. The minimum atomic E-state index is -0.0270. The van der Waals surface area contributed by atoms with E-state index < -0.39 is 0 Å². The van der Waals surface area contributed by atoms with Gasteiger partial charge in [0, 0.05) is 50.4 Å². The molecule has 1 aliphatic carbocycles.